The molecule has 2 atom stereocenters. The van der Waals surface area contributed by atoms with Gasteiger partial charge in [0.25, 0.3) is 0 Å². The highest BCUT2D eigenvalue weighted by Gasteiger charge is 2.24. The first-order valence-electron chi connectivity index (χ1n) is 12.2. The second-order valence-corrected chi connectivity index (χ2v) is 9.69. The molecule has 6 heteroatoms. The van der Waals surface area contributed by atoms with Gasteiger partial charge >= 0.3 is 11.9 Å². The van der Waals surface area contributed by atoms with E-state index in [-0.39, 0.29) is 23.8 Å². The van der Waals surface area contributed by atoms with Gasteiger partial charge in [-0.1, -0.05) is 60.3 Å². The maximum absolute atomic E-state index is 11.7. The summed E-state index contributed by atoms with van der Waals surface area (Å²) in [5.74, 6) is -0.502. The third-order valence-electron chi connectivity index (χ3n) is 5.04. The molecule has 31 heavy (non-hydrogen) atoms. The lowest BCUT2D eigenvalue weighted by Crippen LogP contribution is -2.27. The Hall–Kier alpha value is -1.14. The van der Waals surface area contributed by atoms with Crippen LogP contribution in [-0.2, 0) is 29.1 Å². The van der Waals surface area contributed by atoms with Crippen molar-refractivity contribution in [3.63, 3.8) is 0 Å². The van der Waals surface area contributed by atoms with Crippen LogP contribution < -0.4 is 0 Å². The van der Waals surface area contributed by atoms with Crippen molar-refractivity contribution >= 4 is 11.9 Å². The Morgan fingerprint density at radius 2 is 1.06 bits per heavy atom. The molecule has 0 N–H and O–H groups in total. The maximum Gasteiger partial charge on any atom is 0.345 e. The highest BCUT2D eigenvalue weighted by molar-refractivity contribution is 5.72. The molecule has 0 radical (unpaired) electrons. The van der Waals surface area contributed by atoms with Gasteiger partial charge in [0, 0.05) is 0 Å². The Morgan fingerprint density at radius 3 is 1.35 bits per heavy atom. The molecule has 2 unspecified atom stereocenters. The predicted octanol–water partition coefficient (Wildman–Crippen LogP) is 7.34. The Bertz CT molecular complexity index is 467. The Kier molecular flexibility index (Phi) is 18.0. The van der Waals surface area contributed by atoms with E-state index in [1.54, 1.807) is 0 Å². The summed E-state index contributed by atoms with van der Waals surface area (Å²) in [6, 6.07) is 0. The molecule has 6 nitrogen and oxygen atoms in total. The van der Waals surface area contributed by atoms with Crippen LogP contribution in [0, 0.1) is 11.8 Å². The van der Waals surface area contributed by atoms with Crippen LogP contribution in [0.5, 0.6) is 0 Å². The topological polar surface area (TPSA) is 71.1 Å². The Morgan fingerprint density at radius 1 is 0.677 bits per heavy atom. The van der Waals surface area contributed by atoms with E-state index in [0.717, 1.165) is 57.8 Å². The molecule has 0 saturated carbocycles. The SMILES string of the molecule is CCCCC(CC)C(=O)OOC(C)(C)C.CCCCC(CC)C(=O)OOC(C)(C)CC. The quantitative estimate of drug-likeness (QED) is 0.205. The summed E-state index contributed by atoms with van der Waals surface area (Å²) >= 11 is 0. The van der Waals surface area contributed by atoms with E-state index in [1.165, 1.54) is 0 Å². The van der Waals surface area contributed by atoms with Crippen molar-refractivity contribution in [2.24, 2.45) is 11.8 Å². The molecule has 186 valence electrons. The van der Waals surface area contributed by atoms with Crippen LogP contribution in [0.2, 0.25) is 0 Å². The summed E-state index contributed by atoms with van der Waals surface area (Å²) in [5, 5.41) is 0. The molecule has 0 aliphatic rings. The van der Waals surface area contributed by atoms with E-state index < -0.39 is 11.2 Å². The van der Waals surface area contributed by atoms with Gasteiger partial charge in [-0.25, -0.2) is 9.59 Å². The van der Waals surface area contributed by atoms with E-state index in [4.69, 9.17) is 19.6 Å². The molecule has 0 spiro atoms. The van der Waals surface area contributed by atoms with Gasteiger partial charge in [-0.2, -0.15) is 9.78 Å². The zero-order valence-corrected chi connectivity index (χ0v) is 22.0. The lowest BCUT2D eigenvalue weighted by Gasteiger charge is -2.22. The van der Waals surface area contributed by atoms with Gasteiger partial charge in [0.05, 0.1) is 11.8 Å². The Balaban J connectivity index is 0. The molecule has 0 bridgehead atoms. The number of carbonyl (C=O) groups is 2. The third kappa shape index (κ3) is 18.2. The van der Waals surface area contributed by atoms with Gasteiger partial charge in [0.2, 0.25) is 0 Å². The van der Waals surface area contributed by atoms with Crippen molar-refractivity contribution < 1.29 is 29.1 Å². The normalized spacial score (nSPS) is 13.6. The van der Waals surface area contributed by atoms with E-state index in [9.17, 15) is 9.59 Å². The highest BCUT2D eigenvalue weighted by Crippen LogP contribution is 2.19. The standard InChI is InChI=1S/C13H26O3.C12H24O3/c1-6-9-10-11(7-2)12(14)15-16-13(4,5)8-3;1-6-8-9-10(7-2)11(13)14-15-12(3,4)5/h11H,6-10H2,1-5H3;10H,6-9H2,1-5H3. The number of carbonyl (C=O) groups excluding carboxylic acids is 2. The third-order valence-corrected chi connectivity index (χ3v) is 5.04. The van der Waals surface area contributed by atoms with Crippen LogP contribution >= 0.6 is 0 Å². The number of unbranched alkanes of at least 4 members (excludes halogenated alkanes) is 2. The summed E-state index contributed by atoms with van der Waals surface area (Å²) in [7, 11) is 0. The molecular formula is C25H50O6. The van der Waals surface area contributed by atoms with Crippen molar-refractivity contribution in [3.05, 3.63) is 0 Å². The van der Waals surface area contributed by atoms with Gasteiger partial charge in [0.15, 0.2) is 0 Å². The largest absolute Gasteiger partial charge is 0.345 e. The van der Waals surface area contributed by atoms with Crippen LogP contribution in [0.3, 0.4) is 0 Å². The summed E-state index contributed by atoms with van der Waals surface area (Å²) in [4.78, 5) is 43.2. The van der Waals surface area contributed by atoms with Crippen LogP contribution in [0.15, 0.2) is 0 Å². The molecule has 0 fully saturated rings. The highest BCUT2D eigenvalue weighted by atomic mass is 17.2. The number of rotatable bonds is 14. The minimum Gasteiger partial charge on any atom is -0.298 e. The molecule has 0 amide bonds. The summed E-state index contributed by atoms with van der Waals surface area (Å²) in [6.45, 7) is 19.6. The molecule has 0 aliphatic carbocycles. The lowest BCUT2D eigenvalue weighted by atomic mass is 10.00. The van der Waals surface area contributed by atoms with Crippen LogP contribution in [0.1, 0.15) is 127 Å². The van der Waals surface area contributed by atoms with Crippen LogP contribution in [0.25, 0.3) is 0 Å². The van der Waals surface area contributed by atoms with E-state index >= 15 is 0 Å². The van der Waals surface area contributed by atoms with Gasteiger partial charge in [0.1, 0.15) is 11.2 Å². The predicted molar refractivity (Wildman–Crippen MR) is 125 cm³/mol. The zero-order chi connectivity index (χ0) is 24.5. The number of hydrogen-bond donors (Lipinski definition) is 0. The fourth-order valence-electron chi connectivity index (χ4n) is 2.39. The fourth-order valence-corrected chi connectivity index (χ4v) is 2.39. The summed E-state index contributed by atoms with van der Waals surface area (Å²) < 4.78 is 0. The average Bonchev–Trinajstić information content (AvgIpc) is 2.72. The molecule has 0 aromatic rings. The summed E-state index contributed by atoms with van der Waals surface area (Å²) in [5.41, 5.74) is -0.822. The molecule has 0 aromatic carbocycles. The maximum atomic E-state index is 11.7. The van der Waals surface area contributed by atoms with E-state index in [0.29, 0.717) is 0 Å². The van der Waals surface area contributed by atoms with Crippen LogP contribution in [-0.4, -0.2) is 23.1 Å². The van der Waals surface area contributed by atoms with Gasteiger partial charge in [-0.3, -0.25) is 9.78 Å². The first-order chi connectivity index (χ1) is 14.4. The monoisotopic (exact) mass is 446 g/mol. The second kappa shape index (κ2) is 17.4. The molecule has 0 heterocycles. The molecule has 0 rings (SSSR count). The molecular weight excluding hydrogens is 396 g/mol. The minimum atomic E-state index is -0.432. The Labute approximate surface area is 191 Å². The van der Waals surface area contributed by atoms with Gasteiger partial charge in [-0.05, 0) is 66.7 Å². The number of hydrogen-bond acceptors (Lipinski definition) is 6. The lowest BCUT2D eigenvalue weighted by molar-refractivity contribution is -0.328. The summed E-state index contributed by atoms with van der Waals surface area (Å²) in [6.07, 6.45) is 8.54. The zero-order valence-electron chi connectivity index (χ0n) is 22.0. The van der Waals surface area contributed by atoms with Crippen molar-refractivity contribution in [3.8, 4) is 0 Å². The van der Waals surface area contributed by atoms with E-state index in [2.05, 4.69) is 13.8 Å². The van der Waals surface area contributed by atoms with Crippen LogP contribution in [0.4, 0.5) is 0 Å². The van der Waals surface area contributed by atoms with Crippen molar-refractivity contribution in [2.45, 2.75) is 138 Å². The van der Waals surface area contributed by atoms with Crippen molar-refractivity contribution in [1.82, 2.24) is 0 Å². The smallest absolute Gasteiger partial charge is 0.298 e. The molecule has 0 aliphatic heterocycles. The van der Waals surface area contributed by atoms with Crippen molar-refractivity contribution in [1.29, 1.82) is 0 Å². The minimum absolute atomic E-state index is 0.0207. The molecule has 0 aromatic heterocycles. The fraction of sp³-hybridized carbons (Fsp3) is 0.920. The second-order valence-electron chi connectivity index (χ2n) is 9.69. The van der Waals surface area contributed by atoms with Gasteiger partial charge in [-0.15, -0.1) is 0 Å². The first-order valence-corrected chi connectivity index (χ1v) is 12.2. The first kappa shape index (κ1) is 32.0. The van der Waals surface area contributed by atoms with Gasteiger partial charge < -0.3 is 0 Å². The average molecular weight is 447 g/mol. The van der Waals surface area contributed by atoms with E-state index in [1.807, 2.05) is 55.4 Å². The molecule has 0 saturated heterocycles. The van der Waals surface area contributed by atoms with Crippen molar-refractivity contribution in [2.75, 3.05) is 0 Å².